The van der Waals surface area contributed by atoms with Crippen LogP contribution in [0, 0.1) is 12.8 Å². The molecule has 1 aliphatic heterocycles. The number of fused-ring (bicyclic) bond motifs is 2. The first-order valence-electron chi connectivity index (χ1n) is 11.5. The molecule has 0 fully saturated rings. The first-order valence-corrected chi connectivity index (χ1v) is 13.2. The van der Waals surface area contributed by atoms with Crippen molar-refractivity contribution in [3.63, 3.8) is 0 Å². The van der Waals surface area contributed by atoms with Crippen molar-refractivity contribution in [2.45, 2.75) is 59.0 Å². The molecule has 2 N–H and O–H groups in total. The van der Waals surface area contributed by atoms with Gasteiger partial charge in [0.2, 0.25) is 0 Å². The van der Waals surface area contributed by atoms with E-state index in [4.69, 9.17) is 0 Å². The highest BCUT2D eigenvalue weighted by Gasteiger charge is 2.28. The maximum absolute atomic E-state index is 12.9. The highest BCUT2D eigenvalue weighted by molar-refractivity contribution is 7.16. The molecule has 5 rings (SSSR count). The highest BCUT2D eigenvalue weighted by atomic mass is 32.1. The summed E-state index contributed by atoms with van der Waals surface area (Å²) in [5, 5.41) is 8.56. The topological polar surface area (TPSA) is 49.3 Å². The summed E-state index contributed by atoms with van der Waals surface area (Å²) in [6, 6.07) is 3.99. The molecule has 2 amide bonds. The van der Waals surface area contributed by atoms with Crippen LogP contribution in [0.15, 0.2) is 24.5 Å². The minimum atomic E-state index is -0.112. The fraction of sp³-hybridized carbons (Fsp3) is 0.480. The van der Waals surface area contributed by atoms with Crippen molar-refractivity contribution in [3.8, 4) is 5.00 Å². The molecule has 170 valence electrons. The molecule has 0 radical (unpaired) electrons. The Bertz CT molecular complexity index is 1130. The van der Waals surface area contributed by atoms with Gasteiger partial charge in [0.05, 0.1) is 5.00 Å². The van der Waals surface area contributed by atoms with Crippen molar-refractivity contribution in [1.29, 1.82) is 0 Å². The monoisotopic (exact) mass is 468 g/mol. The minimum absolute atomic E-state index is 0.112. The van der Waals surface area contributed by atoms with Gasteiger partial charge >= 0.3 is 6.03 Å². The second kappa shape index (κ2) is 8.69. The Kier molecular flexibility index (Phi) is 5.90. The van der Waals surface area contributed by atoms with Crippen molar-refractivity contribution < 1.29 is 4.79 Å². The van der Waals surface area contributed by atoms with Gasteiger partial charge in [-0.1, -0.05) is 13.8 Å². The number of nitrogens with one attached hydrogen (secondary N) is 2. The number of nitrogens with zero attached hydrogens (tertiary/aromatic N) is 2. The van der Waals surface area contributed by atoms with Crippen molar-refractivity contribution in [3.05, 3.63) is 56.5 Å². The van der Waals surface area contributed by atoms with Crippen LogP contribution in [0.3, 0.4) is 0 Å². The van der Waals surface area contributed by atoms with Crippen LogP contribution >= 0.6 is 22.7 Å². The molecule has 2 unspecified atom stereocenters. The smallest absolute Gasteiger partial charge is 0.320 e. The molecule has 3 aromatic heterocycles. The van der Waals surface area contributed by atoms with Gasteiger partial charge in [0, 0.05) is 47.3 Å². The van der Waals surface area contributed by atoms with Crippen LogP contribution in [0.4, 0.5) is 9.80 Å². The third kappa shape index (κ3) is 4.02. The number of likely N-dealkylation sites (N-methyl/N-ethyl adjacent to an activating group) is 1. The summed E-state index contributed by atoms with van der Waals surface area (Å²) in [6.45, 7) is 9.39. The summed E-state index contributed by atoms with van der Waals surface area (Å²) in [7, 11) is 2.17. The Balaban J connectivity index is 1.34. The third-order valence-electron chi connectivity index (χ3n) is 6.89. The summed E-state index contributed by atoms with van der Waals surface area (Å²) < 4.78 is 2.18. The predicted octanol–water partition coefficient (Wildman–Crippen LogP) is 5.90. The van der Waals surface area contributed by atoms with Gasteiger partial charge < -0.3 is 14.8 Å². The molecular formula is C25H32N4OS2. The van der Waals surface area contributed by atoms with E-state index in [2.05, 4.69) is 72.4 Å². The number of anilines is 1. The summed E-state index contributed by atoms with van der Waals surface area (Å²) in [6.07, 6.45) is 7.58. The average Bonchev–Trinajstić information content (AvgIpc) is 3.46. The molecule has 5 nitrogen and oxygen atoms in total. The molecule has 0 saturated carbocycles. The normalized spacial score (nSPS) is 20.6. The average molecular weight is 469 g/mol. The van der Waals surface area contributed by atoms with Gasteiger partial charge in [-0.25, -0.2) is 4.79 Å². The largest absolute Gasteiger partial charge is 0.334 e. The Hall–Kier alpha value is -2.09. The Morgan fingerprint density at radius 3 is 2.75 bits per heavy atom. The first-order chi connectivity index (χ1) is 15.4. The number of urea groups is 1. The molecular weight excluding hydrogens is 436 g/mol. The zero-order valence-corrected chi connectivity index (χ0v) is 21.0. The lowest BCUT2D eigenvalue weighted by atomic mass is 9.82. The predicted molar refractivity (Wildman–Crippen MR) is 134 cm³/mol. The molecule has 0 saturated heterocycles. The quantitative estimate of drug-likeness (QED) is 0.500. The van der Waals surface area contributed by atoms with Crippen LogP contribution < -0.4 is 10.6 Å². The molecule has 0 aromatic carbocycles. The molecule has 0 bridgehead atoms. The Labute approximate surface area is 198 Å². The number of thiophene rings is 2. The van der Waals surface area contributed by atoms with Crippen LogP contribution in [-0.4, -0.2) is 29.1 Å². The Morgan fingerprint density at radius 2 is 1.97 bits per heavy atom. The van der Waals surface area contributed by atoms with Gasteiger partial charge in [0.1, 0.15) is 5.00 Å². The SMILES string of the molecule is Cc1c(NC(=O)NCc2c(-n3cccc3)sc3c2CCN(C)C3)sc2c1CC(C)CC2C. The van der Waals surface area contributed by atoms with Gasteiger partial charge in [0.25, 0.3) is 0 Å². The van der Waals surface area contributed by atoms with Crippen molar-refractivity contribution >= 4 is 33.7 Å². The molecule has 0 spiro atoms. The molecule has 3 aromatic rings. The van der Waals surface area contributed by atoms with E-state index in [0.29, 0.717) is 18.4 Å². The lowest BCUT2D eigenvalue weighted by molar-refractivity contribution is 0.251. The second-order valence-electron chi connectivity index (χ2n) is 9.52. The lowest BCUT2D eigenvalue weighted by Crippen LogP contribution is -2.30. The fourth-order valence-corrected chi connectivity index (χ4v) is 7.95. The second-order valence-corrected chi connectivity index (χ2v) is 11.7. The zero-order chi connectivity index (χ0) is 22.4. The number of carbonyl (C=O) groups excluding carboxylic acids is 1. The van der Waals surface area contributed by atoms with Gasteiger partial charge in [-0.05, 0) is 73.9 Å². The first kappa shape index (κ1) is 21.7. The number of rotatable bonds is 4. The van der Waals surface area contributed by atoms with Crippen molar-refractivity contribution in [2.24, 2.45) is 5.92 Å². The molecule has 4 heterocycles. The van der Waals surface area contributed by atoms with E-state index < -0.39 is 0 Å². The number of hydrogen-bond donors (Lipinski definition) is 2. The lowest BCUT2D eigenvalue weighted by Gasteiger charge is -2.24. The van der Waals surface area contributed by atoms with Crippen molar-refractivity contribution in [1.82, 2.24) is 14.8 Å². The van der Waals surface area contributed by atoms with Crippen LogP contribution in [0.25, 0.3) is 5.00 Å². The number of hydrogen-bond acceptors (Lipinski definition) is 4. The maximum Gasteiger partial charge on any atom is 0.320 e. The van der Waals surface area contributed by atoms with Crippen LogP contribution in [0.2, 0.25) is 0 Å². The van der Waals surface area contributed by atoms with Gasteiger partial charge in [-0.15, -0.1) is 22.7 Å². The number of carbonyl (C=O) groups is 1. The summed E-state index contributed by atoms with van der Waals surface area (Å²) in [5.74, 6) is 1.29. The molecule has 32 heavy (non-hydrogen) atoms. The van der Waals surface area contributed by atoms with E-state index in [9.17, 15) is 4.79 Å². The van der Waals surface area contributed by atoms with E-state index in [1.54, 1.807) is 11.3 Å². The minimum Gasteiger partial charge on any atom is -0.334 e. The number of amides is 2. The van der Waals surface area contributed by atoms with Gasteiger partial charge in [-0.3, -0.25) is 5.32 Å². The van der Waals surface area contributed by atoms with Crippen LogP contribution in [-0.2, 0) is 25.9 Å². The molecule has 1 aliphatic carbocycles. The van der Waals surface area contributed by atoms with Gasteiger partial charge in [0.15, 0.2) is 0 Å². The van der Waals surface area contributed by atoms with E-state index in [1.807, 2.05) is 11.3 Å². The third-order valence-corrected chi connectivity index (χ3v) is 9.64. The fourth-order valence-electron chi connectivity index (χ4n) is 5.24. The van der Waals surface area contributed by atoms with Crippen LogP contribution in [0.1, 0.15) is 58.2 Å². The van der Waals surface area contributed by atoms with E-state index in [-0.39, 0.29) is 6.03 Å². The van der Waals surface area contributed by atoms with Gasteiger partial charge in [-0.2, -0.15) is 0 Å². The summed E-state index contributed by atoms with van der Waals surface area (Å²) in [4.78, 5) is 18.2. The number of aromatic nitrogens is 1. The van der Waals surface area contributed by atoms with E-state index >= 15 is 0 Å². The summed E-state index contributed by atoms with van der Waals surface area (Å²) >= 11 is 3.62. The molecule has 2 atom stereocenters. The van der Waals surface area contributed by atoms with Crippen molar-refractivity contribution in [2.75, 3.05) is 18.9 Å². The van der Waals surface area contributed by atoms with Crippen LogP contribution in [0.5, 0.6) is 0 Å². The molecule has 2 aliphatic rings. The maximum atomic E-state index is 12.9. The highest BCUT2D eigenvalue weighted by Crippen LogP contribution is 2.44. The van der Waals surface area contributed by atoms with E-state index in [1.165, 1.54) is 43.4 Å². The standard InChI is InChI=1S/C25H32N4OS2/c1-15-11-16(2)22-19(12-15)17(3)23(32-22)27-25(30)26-13-20-18-7-10-28(4)14-21(18)31-24(20)29-8-5-6-9-29/h5-6,8-9,15-16H,7,10-14H2,1-4H3,(H2,26,27,30). The van der Waals surface area contributed by atoms with E-state index in [0.717, 1.165) is 30.9 Å². The summed E-state index contributed by atoms with van der Waals surface area (Å²) in [5.41, 5.74) is 5.39. The zero-order valence-electron chi connectivity index (χ0n) is 19.3. The Morgan fingerprint density at radius 1 is 1.19 bits per heavy atom. The molecule has 7 heteroatoms.